The molecule has 0 unspecified atom stereocenters. The van der Waals surface area contributed by atoms with Crippen molar-refractivity contribution >= 4 is 39.6 Å². The highest BCUT2D eigenvalue weighted by Gasteiger charge is 2.04. The molecule has 80 valence electrons. The molecular weight excluding hydrogens is 248 g/mol. The molecule has 0 bridgehead atoms. The number of aromatic nitrogens is 3. The highest BCUT2D eigenvalue weighted by Crippen LogP contribution is 2.26. The lowest BCUT2D eigenvalue weighted by molar-refractivity contribution is 1.03. The number of hydrogen-bond acceptors (Lipinski definition) is 7. The number of thiazole rings is 1. The van der Waals surface area contributed by atoms with E-state index in [0.29, 0.717) is 0 Å². The maximum atomic E-state index is 4.20. The van der Waals surface area contributed by atoms with Crippen molar-refractivity contribution in [2.24, 2.45) is 0 Å². The van der Waals surface area contributed by atoms with Crippen LogP contribution < -0.4 is 5.32 Å². The van der Waals surface area contributed by atoms with Crippen LogP contribution in [0.2, 0.25) is 0 Å². The Labute approximate surface area is 100 Å². The Bertz CT molecular complexity index is 398. The molecule has 0 aromatic carbocycles. The van der Waals surface area contributed by atoms with Gasteiger partial charge in [0.2, 0.25) is 5.13 Å². The minimum atomic E-state index is 0.844. The maximum Gasteiger partial charge on any atom is 0.205 e. The molecule has 0 aliphatic rings. The Morgan fingerprint density at radius 3 is 3.13 bits per heavy atom. The van der Waals surface area contributed by atoms with Crippen LogP contribution in [-0.4, -0.2) is 21.7 Å². The van der Waals surface area contributed by atoms with E-state index in [1.54, 1.807) is 34.4 Å². The molecule has 2 heterocycles. The van der Waals surface area contributed by atoms with Gasteiger partial charge in [-0.3, -0.25) is 0 Å². The zero-order valence-corrected chi connectivity index (χ0v) is 10.6. The van der Waals surface area contributed by atoms with E-state index in [1.807, 2.05) is 18.5 Å². The van der Waals surface area contributed by atoms with Crippen LogP contribution in [0.4, 0.5) is 5.13 Å². The van der Waals surface area contributed by atoms with Gasteiger partial charge in [-0.25, -0.2) is 4.98 Å². The average molecular weight is 258 g/mol. The predicted molar refractivity (Wildman–Crippen MR) is 65.7 cm³/mol. The van der Waals surface area contributed by atoms with Gasteiger partial charge in [0, 0.05) is 18.1 Å². The molecule has 0 aliphatic heterocycles. The topological polar surface area (TPSA) is 50.7 Å². The van der Waals surface area contributed by atoms with Crippen LogP contribution in [0.3, 0.4) is 0 Å². The van der Waals surface area contributed by atoms with E-state index in [-0.39, 0.29) is 0 Å². The summed E-state index contributed by atoms with van der Waals surface area (Å²) < 4.78 is 1.08. The van der Waals surface area contributed by atoms with Crippen molar-refractivity contribution in [2.75, 3.05) is 11.9 Å². The first-order chi connectivity index (χ1) is 7.38. The summed E-state index contributed by atoms with van der Waals surface area (Å²) in [6.07, 6.45) is 1.82. The van der Waals surface area contributed by atoms with E-state index in [4.69, 9.17) is 0 Å². The average Bonchev–Trinajstić information content (AvgIpc) is 2.85. The van der Waals surface area contributed by atoms with E-state index in [9.17, 15) is 0 Å². The van der Waals surface area contributed by atoms with Crippen LogP contribution in [0.25, 0.3) is 0 Å². The number of anilines is 1. The quantitative estimate of drug-likeness (QED) is 0.836. The van der Waals surface area contributed by atoms with Gasteiger partial charge in [0.15, 0.2) is 0 Å². The fraction of sp³-hybridized carbons (Fsp3) is 0.375. The first-order valence-corrected chi connectivity index (χ1v) is 7.15. The Hall–Kier alpha value is -0.660. The highest BCUT2D eigenvalue weighted by atomic mass is 32.2. The number of hydrogen-bond donors (Lipinski definition) is 1. The van der Waals surface area contributed by atoms with Crippen molar-refractivity contribution in [1.82, 2.24) is 15.2 Å². The van der Waals surface area contributed by atoms with E-state index < -0.39 is 0 Å². The molecule has 0 saturated heterocycles. The third kappa shape index (κ3) is 3.15. The van der Waals surface area contributed by atoms with Gasteiger partial charge in [-0.15, -0.1) is 21.5 Å². The minimum Gasteiger partial charge on any atom is -0.360 e. The maximum absolute atomic E-state index is 4.20. The second kappa shape index (κ2) is 5.43. The van der Waals surface area contributed by atoms with Crippen molar-refractivity contribution in [3.8, 4) is 0 Å². The molecule has 2 aromatic heterocycles. The van der Waals surface area contributed by atoms with Gasteiger partial charge in [-0.1, -0.05) is 23.1 Å². The summed E-state index contributed by atoms with van der Waals surface area (Å²) in [4.78, 5) is 4.20. The monoisotopic (exact) mass is 258 g/mol. The van der Waals surface area contributed by atoms with E-state index in [1.165, 1.54) is 0 Å². The smallest absolute Gasteiger partial charge is 0.205 e. The van der Waals surface area contributed by atoms with Gasteiger partial charge in [-0.2, -0.15) is 0 Å². The van der Waals surface area contributed by atoms with Crippen LogP contribution >= 0.6 is 34.4 Å². The molecule has 0 aliphatic carbocycles. The zero-order valence-electron chi connectivity index (χ0n) is 8.14. The normalized spacial score (nSPS) is 10.5. The van der Waals surface area contributed by atoms with Gasteiger partial charge in [0.05, 0.1) is 5.75 Å². The third-order valence-corrected chi connectivity index (χ3v) is 4.56. The molecule has 2 aromatic rings. The summed E-state index contributed by atoms with van der Waals surface area (Å²) in [6.45, 7) is 2.93. The molecule has 15 heavy (non-hydrogen) atoms. The molecule has 1 N–H and O–H groups in total. The van der Waals surface area contributed by atoms with Gasteiger partial charge in [0.25, 0.3) is 0 Å². The summed E-state index contributed by atoms with van der Waals surface area (Å²) in [5.74, 6) is 0.844. The van der Waals surface area contributed by atoms with Crippen LogP contribution in [0.1, 0.15) is 11.9 Å². The fourth-order valence-corrected chi connectivity index (χ4v) is 3.37. The fourth-order valence-electron chi connectivity index (χ4n) is 0.940. The molecule has 4 nitrogen and oxygen atoms in total. The van der Waals surface area contributed by atoms with Crippen molar-refractivity contribution in [2.45, 2.75) is 17.0 Å². The van der Waals surface area contributed by atoms with Gasteiger partial charge < -0.3 is 5.32 Å². The number of thioether (sulfide) groups is 1. The molecule has 0 amide bonds. The van der Waals surface area contributed by atoms with Crippen LogP contribution in [0.15, 0.2) is 15.9 Å². The third-order valence-electron chi connectivity index (χ3n) is 1.52. The molecule has 0 radical (unpaired) electrons. The molecule has 0 spiro atoms. The summed E-state index contributed by atoms with van der Waals surface area (Å²) >= 11 is 4.95. The standard InChI is InChI=1S/C8H10N4S3/c1-2-9-7-12-11-6(15-7)5-14-8-10-3-4-13-8/h3-4H,2,5H2,1H3,(H,9,12). The van der Waals surface area contributed by atoms with Gasteiger partial charge in [-0.05, 0) is 6.92 Å². The van der Waals surface area contributed by atoms with Crippen LogP contribution in [0, 0.1) is 0 Å². The van der Waals surface area contributed by atoms with Crippen LogP contribution in [-0.2, 0) is 5.75 Å². The molecule has 2 rings (SSSR count). The van der Waals surface area contributed by atoms with Crippen molar-refractivity contribution in [3.05, 3.63) is 16.6 Å². The first-order valence-electron chi connectivity index (χ1n) is 4.47. The molecule has 0 atom stereocenters. The number of nitrogens with zero attached hydrogens (tertiary/aromatic N) is 3. The van der Waals surface area contributed by atoms with Gasteiger partial charge >= 0.3 is 0 Å². The van der Waals surface area contributed by atoms with E-state index in [0.717, 1.165) is 26.8 Å². The molecule has 0 saturated carbocycles. The van der Waals surface area contributed by atoms with Crippen LogP contribution in [0.5, 0.6) is 0 Å². The summed E-state index contributed by atoms with van der Waals surface area (Å²) in [5, 5.41) is 15.2. The number of nitrogens with one attached hydrogen (secondary N) is 1. The first kappa shape index (κ1) is 10.8. The summed E-state index contributed by atoms with van der Waals surface area (Å²) in [7, 11) is 0. The zero-order chi connectivity index (χ0) is 10.5. The predicted octanol–water partition coefficient (Wildman–Crippen LogP) is 2.72. The van der Waals surface area contributed by atoms with Crippen molar-refractivity contribution in [3.63, 3.8) is 0 Å². The minimum absolute atomic E-state index is 0.844. The Morgan fingerprint density at radius 1 is 1.47 bits per heavy atom. The second-order valence-electron chi connectivity index (χ2n) is 2.62. The van der Waals surface area contributed by atoms with Gasteiger partial charge in [0.1, 0.15) is 9.35 Å². The molecular formula is C8H10N4S3. The van der Waals surface area contributed by atoms with Crippen molar-refractivity contribution < 1.29 is 0 Å². The lowest BCUT2D eigenvalue weighted by Gasteiger charge is -1.92. The second-order valence-corrected chi connectivity index (χ2v) is 5.80. The summed E-state index contributed by atoms with van der Waals surface area (Å²) in [5.41, 5.74) is 0. The summed E-state index contributed by atoms with van der Waals surface area (Å²) in [6, 6.07) is 0. The van der Waals surface area contributed by atoms with Crippen molar-refractivity contribution in [1.29, 1.82) is 0 Å². The highest BCUT2D eigenvalue weighted by molar-refractivity contribution is 8.00. The number of rotatable bonds is 5. The Morgan fingerprint density at radius 2 is 2.40 bits per heavy atom. The Kier molecular flexibility index (Phi) is 3.93. The lowest BCUT2D eigenvalue weighted by atomic mass is 10.8. The SMILES string of the molecule is CCNc1nnc(CSc2nccs2)s1. The largest absolute Gasteiger partial charge is 0.360 e. The molecule has 7 heteroatoms. The molecule has 0 fully saturated rings. The van der Waals surface area contributed by atoms with E-state index in [2.05, 4.69) is 20.5 Å². The Balaban J connectivity index is 1.88. The lowest BCUT2D eigenvalue weighted by Crippen LogP contribution is -1.94. The van der Waals surface area contributed by atoms with E-state index >= 15 is 0 Å².